The van der Waals surface area contributed by atoms with Crippen LogP contribution in [0.4, 0.5) is 11.4 Å². The molecular formula is C23H22N2O2. The Labute approximate surface area is 159 Å². The van der Waals surface area contributed by atoms with Crippen molar-refractivity contribution in [2.75, 3.05) is 25.2 Å². The molecule has 1 aliphatic heterocycles. The number of pyridine rings is 1. The second-order valence-electron chi connectivity index (χ2n) is 6.42. The van der Waals surface area contributed by atoms with Crippen molar-refractivity contribution >= 4 is 16.9 Å². The van der Waals surface area contributed by atoms with Crippen LogP contribution in [-0.4, -0.2) is 25.2 Å². The number of aromatic nitrogens is 1. The van der Waals surface area contributed by atoms with Gasteiger partial charge in [0.25, 0.3) is 0 Å². The predicted molar refractivity (Wildman–Crippen MR) is 109 cm³/mol. The monoisotopic (exact) mass is 358 g/mol. The van der Waals surface area contributed by atoms with E-state index < -0.39 is 0 Å². The second-order valence-corrected chi connectivity index (χ2v) is 6.42. The molecule has 27 heavy (non-hydrogen) atoms. The molecule has 0 saturated heterocycles. The molecule has 0 radical (unpaired) electrons. The lowest BCUT2D eigenvalue weighted by Crippen LogP contribution is -2.09. The summed E-state index contributed by atoms with van der Waals surface area (Å²) in [4.78, 5) is 6.34. The minimum atomic E-state index is 0.594. The second kappa shape index (κ2) is 8.06. The zero-order valence-electron chi connectivity index (χ0n) is 15.3. The fourth-order valence-corrected chi connectivity index (χ4v) is 3.10. The van der Waals surface area contributed by atoms with E-state index in [-0.39, 0.29) is 0 Å². The largest absolute Gasteiger partial charge is 0.439 e. The molecule has 0 unspecified atom stereocenters. The van der Waals surface area contributed by atoms with Gasteiger partial charge in [-0.1, -0.05) is 24.3 Å². The van der Waals surface area contributed by atoms with E-state index in [1.165, 1.54) is 11.1 Å². The zero-order valence-corrected chi connectivity index (χ0v) is 15.3. The SMILES string of the molecule is CN(c1ccc(Oc2ccccn2)cc1)c1ccc(C2=CCOCC2)cc1. The summed E-state index contributed by atoms with van der Waals surface area (Å²) < 4.78 is 11.1. The Morgan fingerprint density at radius 2 is 1.67 bits per heavy atom. The lowest BCUT2D eigenvalue weighted by atomic mass is 10.0. The van der Waals surface area contributed by atoms with Crippen LogP contribution in [0, 0.1) is 0 Å². The van der Waals surface area contributed by atoms with Gasteiger partial charge in [0, 0.05) is 30.7 Å². The third-order valence-corrected chi connectivity index (χ3v) is 4.67. The average molecular weight is 358 g/mol. The van der Waals surface area contributed by atoms with Crippen molar-refractivity contribution in [3.05, 3.63) is 84.6 Å². The summed E-state index contributed by atoms with van der Waals surface area (Å²) in [6.45, 7) is 1.52. The van der Waals surface area contributed by atoms with Gasteiger partial charge in [0.2, 0.25) is 5.88 Å². The van der Waals surface area contributed by atoms with Gasteiger partial charge >= 0.3 is 0 Å². The maximum Gasteiger partial charge on any atom is 0.219 e. The van der Waals surface area contributed by atoms with Crippen molar-refractivity contribution in [2.45, 2.75) is 6.42 Å². The zero-order chi connectivity index (χ0) is 18.5. The quantitative estimate of drug-likeness (QED) is 0.608. The lowest BCUT2D eigenvalue weighted by molar-refractivity contribution is 0.161. The molecule has 3 aromatic rings. The molecule has 0 atom stereocenters. The van der Waals surface area contributed by atoms with E-state index in [1.807, 2.05) is 42.5 Å². The van der Waals surface area contributed by atoms with Crippen LogP contribution in [-0.2, 0) is 4.74 Å². The molecule has 2 heterocycles. The number of rotatable bonds is 5. The number of hydrogen-bond acceptors (Lipinski definition) is 4. The van der Waals surface area contributed by atoms with E-state index in [0.29, 0.717) is 12.5 Å². The van der Waals surface area contributed by atoms with Crippen LogP contribution in [0.2, 0.25) is 0 Å². The molecule has 0 amide bonds. The first-order valence-electron chi connectivity index (χ1n) is 9.09. The Hall–Kier alpha value is -3.11. The third kappa shape index (κ3) is 4.18. The topological polar surface area (TPSA) is 34.6 Å². The molecule has 1 aliphatic rings. The molecule has 136 valence electrons. The maximum atomic E-state index is 5.76. The standard InChI is InChI=1S/C23H22N2O2/c1-25(20-7-5-18(6-8-20)19-13-16-26-17-14-19)21-9-11-22(12-10-21)27-23-4-2-3-15-24-23/h2-13,15H,14,16-17H2,1H3. The van der Waals surface area contributed by atoms with E-state index in [0.717, 1.165) is 30.2 Å². The highest BCUT2D eigenvalue weighted by Gasteiger charge is 2.09. The van der Waals surface area contributed by atoms with Gasteiger partial charge in [0.15, 0.2) is 0 Å². The summed E-state index contributed by atoms with van der Waals surface area (Å²) in [5.41, 5.74) is 4.88. The molecule has 1 aromatic heterocycles. The first-order valence-corrected chi connectivity index (χ1v) is 9.09. The van der Waals surface area contributed by atoms with Crippen molar-refractivity contribution in [1.82, 2.24) is 4.98 Å². The predicted octanol–water partition coefficient (Wildman–Crippen LogP) is 5.45. The van der Waals surface area contributed by atoms with Gasteiger partial charge in [-0.05, 0) is 60.0 Å². The third-order valence-electron chi connectivity index (χ3n) is 4.67. The van der Waals surface area contributed by atoms with Gasteiger partial charge in [-0.15, -0.1) is 0 Å². The van der Waals surface area contributed by atoms with Gasteiger partial charge in [0.1, 0.15) is 5.75 Å². The van der Waals surface area contributed by atoms with Crippen molar-refractivity contribution in [1.29, 1.82) is 0 Å². The van der Waals surface area contributed by atoms with Crippen LogP contribution in [0.5, 0.6) is 11.6 Å². The van der Waals surface area contributed by atoms with Crippen LogP contribution >= 0.6 is 0 Å². The molecule has 0 spiro atoms. The highest BCUT2D eigenvalue weighted by Crippen LogP contribution is 2.29. The summed E-state index contributed by atoms with van der Waals surface area (Å²) in [5.74, 6) is 1.37. The highest BCUT2D eigenvalue weighted by atomic mass is 16.5. The Morgan fingerprint density at radius 1 is 0.926 bits per heavy atom. The minimum Gasteiger partial charge on any atom is -0.439 e. The molecule has 0 bridgehead atoms. The summed E-state index contributed by atoms with van der Waals surface area (Å²) >= 11 is 0. The number of ether oxygens (including phenoxy) is 2. The molecular weight excluding hydrogens is 336 g/mol. The first-order chi connectivity index (χ1) is 13.3. The number of benzene rings is 2. The number of anilines is 2. The fraction of sp³-hybridized carbons (Fsp3) is 0.174. The molecule has 0 saturated carbocycles. The molecule has 0 aliphatic carbocycles. The molecule has 0 N–H and O–H groups in total. The van der Waals surface area contributed by atoms with E-state index in [4.69, 9.17) is 9.47 Å². The van der Waals surface area contributed by atoms with Crippen molar-refractivity contribution in [2.24, 2.45) is 0 Å². The Bertz CT molecular complexity index is 903. The van der Waals surface area contributed by atoms with Gasteiger partial charge < -0.3 is 14.4 Å². The van der Waals surface area contributed by atoms with Crippen LogP contribution in [0.25, 0.3) is 5.57 Å². The van der Waals surface area contributed by atoms with Crippen LogP contribution in [0.15, 0.2) is 79.0 Å². The normalized spacial score (nSPS) is 13.7. The Balaban J connectivity index is 1.46. The smallest absolute Gasteiger partial charge is 0.219 e. The van der Waals surface area contributed by atoms with Gasteiger partial charge in [-0.3, -0.25) is 0 Å². The lowest BCUT2D eigenvalue weighted by Gasteiger charge is -2.21. The first kappa shape index (κ1) is 17.3. The van der Waals surface area contributed by atoms with Gasteiger partial charge in [0.05, 0.1) is 13.2 Å². The Morgan fingerprint density at radius 3 is 2.30 bits per heavy atom. The molecule has 0 fully saturated rings. The average Bonchev–Trinajstić information content (AvgIpc) is 2.75. The van der Waals surface area contributed by atoms with Crippen LogP contribution < -0.4 is 9.64 Å². The van der Waals surface area contributed by atoms with Crippen molar-refractivity contribution in [3.63, 3.8) is 0 Å². The fourth-order valence-electron chi connectivity index (χ4n) is 3.10. The molecule has 4 heteroatoms. The van der Waals surface area contributed by atoms with E-state index >= 15 is 0 Å². The van der Waals surface area contributed by atoms with E-state index in [2.05, 4.69) is 47.3 Å². The van der Waals surface area contributed by atoms with Crippen LogP contribution in [0.3, 0.4) is 0 Å². The number of nitrogens with zero attached hydrogens (tertiary/aromatic N) is 2. The summed E-state index contributed by atoms with van der Waals surface area (Å²) in [6.07, 6.45) is 4.87. The summed E-state index contributed by atoms with van der Waals surface area (Å²) in [5, 5.41) is 0. The molecule has 4 nitrogen and oxygen atoms in total. The minimum absolute atomic E-state index is 0.594. The summed E-state index contributed by atoms with van der Waals surface area (Å²) in [7, 11) is 2.07. The number of hydrogen-bond donors (Lipinski definition) is 0. The van der Waals surface area contributed by atoms with Crippen LogP contribution in [0.1, 0.15) is 12.0 Å². The molecule has 4 rings (SSSR count). The van der Waals surface area contributed by atoms with Gasteiger partial charge in [-0.2, -0.15) is 0 Å². The summed E-state index contributed by atoms with van der Waals surface area (Å²) in [6, 6.07) is 22.3. The Kier molecular flexibility index (Phi) is 5.17. The molecule has 2 aromatic carbocycles. The van der Waals surface area contributed by atoms with Gasteiger partial charge in [-0.25, -0.2) is 4.98 Å². The van der Waals surface area contributed by atoms with E-state index in [9.17, 15) is 0 Å². The van der Waals surface area contributed by atoms with Crippen molar-refractivity contribution in [3.8, 4) is 11.6 Å². The van der Waals surface area contributed by atoms with E-state index in [1.54, 1.807) is 6.20 Å². The maximum absolute atomic E-state index is 5.76. The van der Waals surface area contributed by atoms with Crippen molar-refractivity contribution < 1.29 is 9.47 Å². The highest BCUT2D eigenvalue weighted by molar-refractivity contribution is 5.70.